The highest BCUT2D eigenvalue weighted by Crippen LogP contribution is 2.29. The molecule has 3 aromatic heterocycles. The van der Waals surface area contributed by atoms with Gasteiger partial charge in [0.1, 0.15) is 17.0 Å². The Bertz CT molecular complexity index is 947. The first-order valence-electron chi connectivity index (χ1n) is 9.34. The standard InChI is InChI=1S/C19H24N6O2/c1-3-24-10-7-16(22-24)19(26)23-9-6-14(13-23)17-21-15-5-4-8-20-18(15)25(17)11-12-27-2/h4-5,7-8,10,14H,3,6,9,11-13H2,1-2H3. The van der Waals surface area contributed by atoms with Crippen LogP contribution in [0.5, 0.6) is 0 Å². The van der Waals surface area contributed by atoms with Gasteiger partial charge in [-0.1, -0.05) is 0 Å². The summed E-state index contributed by atoms with van der Waals surface area (Å²) in [4.78, 5) is 24.0. The van der Waals surface area contributed by atoms with E-state index in [-0.39, 0.29) is 11.8 Å². The van der Waals surface area contributed by atoms with Gasteiger partial charge in [-0.2, -0.15) is 5.10 Å². The number of fused-ring (bicyclic) bond motifs is 1. The fourth-order valence-corrected chi connectivity index (χ4v) is 3.66. The number of imidazole rings is 1. The molecule has 1 aliphatic rings. The number of carbonyl (C=O) groups excluding carboxylic acids is 1. The van der Waals surface area contributed by atoms with Gasteiger partial charge >= 0.3 is 0 Å². The summed E-state index contributed by atoms with van der Waals surface area (Å²) in [5.74, 6) is 1.16. The molecule has 4 rings (SSSR count). The predicted molar refractivity (Wildman–Crippen MR) is 101 cm³/mol. The average molecular weight is 368 g/mol. The van der Waals surface area contributed by atoms with Crippen molar-refractivity contribution in [2.75, 3.05) is 26.8 Å². The molecule has 8 nitrogen and oxygen atoms in total. The number of ether oxygens (including phenoxy) is 1. The van der Waals surface area contributed by atoms with E-state index in [4.69, 9.17) is 9.72 Å². The molecule has 0 radical (unpaired) electrons. The SMILES string of the molecule is CCn1ccc(C(=O)N2CCC(c3nc4cccnc4n3CCOC)C2)n1. The van der Waals surface area contributed by atoms with Crippen LogP contribution in [0.4, 0.5) is 0 Å². The normalized spacial score (nSPS) is 17.1. The first-order valence-corrected chi connectivity index (χ1v) is 9.34. The number of rotatable bonds is 6. The van der Waals surface area contributed by atoms with Crippen molar-refractivity contribution in [3.8, 4) is 0 Å². The molecule has 27 heavy (non-hydrogen) atoms. The molecule has 1 atom stereocenters. The van der Waals surface area contributed by atoms with Gasteiger partial charge in [-0.25, -0.2) is 9.97 Å². The summed E-state index contributed by atoms with van der Waals surface area (Å²) in [5.41, 5.74) is 2.26. The highest BCUT2D eigenvalue weighted by molar-refractivity contribution is 5.92. The van der Waals surface area contributed by atoms with Gasteiger partial charge in [0.25, 0.3) is 5.91 Å². The first-order chi connectivity index (χ1) is 13.2. The van der Waals surface area contributed by atoms with Gasteiger partial charge in [0.15, 0.2) is 5.65 Å². The van der Waals surface area contributed by atoms with Crippen molar-refractivity contribution in [3.63, 3.8) is 0 Å². The van der Waals surface area contributed by atoms with Gasteiger partial charge in [0.05, 0.1) is 6.61 Å². The van der Waals surface area contributed by atoms with Crippen LogP contribution >= 0.6 is 0 Å². The Morgan fingerprint density at radius 3 is 3.04 bits per heavy atom. The molecule has 0 saturated carbocycles. The largest absolute Gasteiger partial charge is 0.383 e. The van der Waals surface area contributed by atoms with Crippen LogP contribution in [0.25, 0.3) is 11.2 Å². The van der Waals surface area contributed by atoms with Crippen molar-refractivity contribution >= 4 is 17.1 Å². The van der Waals surface area contributed by atoms with E-state index >= 15 is 0 Å². The Hall–Kier alpha value is -2.74. The van der Waals surface area contributed by atoms with Crippen molar-refractivity contribution in [2.24, 2.45) is 0 Å². The molecular formula is C19H24N6O2. The Labute approximate surface area is 157 Å². The van der Waals surface area contributed by atoms with Crippen LogP contribution in [0, 0.1) is 0 Å². The van der Waals surface area contributed by atoms with Crippen LogP contribution in [-0.2, 0) is 17.8 Å². The molecule has 1 amide bonds. The lowest BCUT2D eigenvalue weighted by Gasteiger charge is -2.16. The minimum Gasteiger partial charge on any atom is -0.383 e. The summed E-state index contributed by atoms with van der Waals surface area (Å²) in [6.45, 7) is 5.42. The van der Waals surface area contributed by atoms with E-state index in [1.54, 1.807) is 24.1 Å². The number of carbonyl (C=O) groups is 1. The molecule has 142 valence electrons. The highest BCUT2D eigenvalue weighted by Gasteiger charge is 2.32. The third kappa shape index (κ3) is 3.32. The maximum Gasteiger partial charge on any atom is 0.274 e. The number of methoxy groups -OCH3 is 1. The molecule has 0 aromatic carbocycles. The van der Waals surface area contributed by atoms with Crippen molar-refractivity contribution in [3.05, 3.63) is 42.1 Å². The van der Waals surface area contributed by atoms with Crippen molar-refractivity contribution in [1.29, 1.82) is 0 Å². The molecule has 0 bridgehead atoms. The lowest BCUT2D eigenvalue weighted by atomic mass is 10.1. The third-order valence-electron chi connectivity index (χ3n) is 5.08. The molecule has 0 spiro atoms. The number of amides is 1. The number of aromatic nitrogens is 5. The van der Waals surface area contributed by atoms with E-state index < -0.39 is 0 Å². The maximum absolute atomic E-state index is 12.8. The van der Waals surface area contributed by atoms with Gasteiger partial charge in [-0.05, 0) is 31.5 Å². The lowest BCUT2D eigenvalue weighted by molar-refractivity contribution is 0.0783. The van der Waals surface area contributed by atoms with Gasteiger partial charge in [-0.3, -0.25) is 9.48 Å². The average Bonchev–Trinajstić information content (AvgIpc) is 3.43. The van der Waals surface area contributed by atoms with Gasteiger partial charge in [0, 0.05) is 51.6 Å². The third-order valence-corrected chi connectivity index (χ3v) is 5.08. The van der Waals surface area contributed by atoms with Crippen LogP contribution in [-0.4, -0.2) is 61.9 Å². The molecular weight excluding hydrogens is 344 g/mol. The van der Waals surface area contributed by atoms with Crippen LogP contribution in [0.15, 0.2) is 30.6 Å². The summed E-state index contributed by atoms with van der Waals surface area (Å²) < 4.78 is 9.16. The second kappa shape index (κ2) is 7.48. The number of hydrogen-bond acceptors (Lipinski definition) is 5. The quantitative estimate of drug-likeness (QED) is 0.664. The summed E-state index contributed by atoms with van der Waals surface area (Å²) in [7, 11) is 1.69. The monoisotopic (exact) mass is 368 g/mol. The van der Waals surface area contributed by atoms with E-state index in [0.717, 1.165) is 30.0 Å². The maximum atomic E-state index is 12.8. The molecule has 0 aliphatic carbocycles. The van der Waals surface area contributed by atoms with Crippen LogP contribution in [0.3, 0.4) is 0 Å². The fourth-order valence-electron chi connectivity index (χ4n) is 3.66. The van der Waals surface area contributed by atoms with Crippen LogP contribution in [0.1, 0.15) is 35.6 Å². The topological polar surface area (TPSA) is 78.1 Å². The molecule has 1 unspecified atom stereocenters. The molecule has 1 saturated heterocycles. The summed E-state index contributed by atoms with van der Waals surface area (Å²) in [6.07, 6.45) is 4.51. The van der Waals surface area contributed by atoms with E-state index in [0.29, 0.717) is 31.9 Å². The summed E-state index contributed by atoms with van der Waals surface area (Å²) in [5, 5.41) is 4.34. The van der Waals surface area contributed by atoms with Crippen molar-refractivity contribution < 1.29 is 9.53 Å². The number of hydrogen-bond donors (Lipinski definition) is 0. The minimum atomic E-state index is -0.0117. The van der Waals surface area contributed by atoms with E-state index in [1.165, 1.54) is 0 Å². The first kappa shape index (κ1) is 17.7. The Morgan fingerprint density at radius 2 is 2.26 bits per heavy atom. The number of likely N-dealkylation sites (tertiary alicyclic amines) is 1. The van der Waals surface area contributed by atoms with Crippen LogP contribution < -0.4 is 0 Å². The summed E-state index contributed by atoms with van der Waals surface area (Å²) in [6, 6.07) is 5.66. The van der Waals surface area contributed by atoms with Crippen LogP contribution in [0.2, 0.25) is 0 Å². The molecule has 0 N–H and O–H groups in total. The molecule has 4 heterocycles. The summed E-state index contributed by atoms with van der Waals surface area (Å²) >= 11 is 0. The highest BCUT2D eigenvalue weighted by atomic mass is 16.5. The lowest BCUT2D eigenvalue weighted by Crippen LogP contribution is -2.29. The smallest absolute Gasteiger partial charge is 0.274 e. The van der Waals surface area contributed by atoms with Gasteiger partial charge < -0.3 is 14.2 Å². The Morgan fingerprint density at radius 1 is 1.37 bits per heavy atom. The molecule has 3 aromatic rings. The molecule has 8 heteroatoms. The molecule has 1 aliphatic heterocycles. The van der Waals surface area contributed by atoms with Gasteiger partial charge in [-0.15, -0.1) is 0 Å². The zero-order valence-corrected chi connectivity index (χ0v) is 15.7. The second-order valence-electron chi connectivity index (χ2n) is 6.75. The minimum absolute atomic E-state index is 0.0117. The fraction of sp³-hybridized carbons (Fsp3) is 0.474. The second-order valence-corrected chi connectivity index (χ2v) is 6.75. The number of pyridine rings is 1. The van der Waals surface area contributed by atoms with E-state index in [2.05, 4.69) is 14.6 Å². The van der Waals surface area contributed by atoms with Crippen molar-refractivity contribution in [1.82, 2.24) is 29.2 Å². The number of aryl methyl sites for hydroxylation is 1. The Kier molecular flexibility index (Phi) is 4.89. The van der Waals surface area contributed by atoms with E-state index in [1.807, 2.05) is 30.2 Å². The van der Waals surface area contributed by atoms with Gasteiger partial charge in [0.2, 0.25) is 0 Å². The Balaban J connectivity index is 1.57. The van der Waals surface area contributed by atoms with E-state index in [9.17, 15) is 4.79 Å². The predicted octanol–water partition coefficient (Wildman–Crippen LogP) is 1.92. The number of nitrogens with zero attached hydrogens (tertiary/aromatic N) is 6. The molecule has 1 fully saturated rings. The zero-order chi connectivity index (χ0) is 18.8. The van der Waals surface area contributed by atoms with Crippen molar-refractivity contribution in [2.45, 2.75) is 32.4 Å². The zero-order valence-electron chi connectivity index (χ0n) is 15.7.